The van der Waals surface area contributed by atoms with Gasteiger partial charge in [0, 0.05) is 17.5 Å². The summed E-state index contributed by atoms with van der Waals surface area (Å²) in [6.07, 6.45) is 0. The van der Waals surface area contributed by atoms with Crippen LogP contribution in [0.1, 0.15) is 18.4 Å². The van der Waals surface area contributed by atoms with Crippen molar-refractivity contribution in [1.82, 2.24) is 0 Å². The molecule has 4 nitrogen and oxygen atoms in total. The van der Waals surface area contributed by atoms with Crippen LogP contribution in [0, 0.1) is 11.2 Å². The second-order valence-corrected chi connectivity index (χ2v) is 9.44. The second-order valence-electron chi connectivity index (χ2n) is 6.49. The van der Waals surface area contributed by atoms with Crippen molar-refractivity contribution in [3.05, 3.63) is 64.9 Å². The van der Waals surface area contributed by atoms with Crippen LogP contribution in [-0.4, -0.2) is 31.9 Å². The van der Waals surface area contributed by atoms with Crippen molar-refractivity contribution in [3.8, 4) is 0 Å². The summed E-state index contributed by atoms with van der Waals surface area (Å²) in [5.74, 6) is -1.03. The summed E-state index contributed by atoms with van der Waals surface area (Å²) in [7, 11) is -3.80. The number of nitrogens with two attached hydrogens (primary N) is 1. The van der Waals surface area contributed by atoms with Gasteiger partial charge in [0.1, 0.15) is 5.82 Å². The van der Waals surface area contributed by atoms with Gasteiger partial charge in [-0.3, -0.25) is 0 Å². The third-order valence-electron chi connectivity index (χ3n) is 4.94. The van der Waals surface area contributed by atoms with Gasteiger partial charge in [0.15, 0.2) is 9.84 Å². The average Bonchev–Trinajstić information content (AvgIpc) is 3.32. The van der Waals surface area contributed by atoms with E-state index >= 15 is 0 Å². The summed E-state index contributed by atoms with van der Waals surface area (Å²) in [6, 6.07) is 11.8. The minimum absolute atomic E-state index is 0.0488. The third-order valence-corrected chi connectivity index (χ3v) is 7.87. The maximum Gasteiger partial charge on any atom is 0.182 e. The summed E-state index contributed by atoms with van der Waals surface area (Å²) >= 11 is 11.1. The van der Waals surface area contributed by atoms with E-state index in [0.717, 1.165) is 0 Å². The Hall–Kier alpha value is -1.54. The molecule has 0 aromatic heterocycles. The zero-order valence-electron chi connectivity index (χ0n) is 14.6. The molecule has 1 fully saturated rings. The van der Waals surface area contributed by atoms with Crippen LogP contribution in [0.3, 0.4) is 0 Å². The Balaban J connectivity index is 2.12. The Bertz CT molecular complexity index is 965. The SMILES string of the molecule is CCOCC1(C(N)=S)C(c2cccc(F)c2)C1S(=O)(=O)c1ccc(Cl)cc1. The minimum atomic E-state index is -3.80. The molecule has 0 heterocycles. The van der Waals surface area contributed by atoms with E-state index in [-0.39, 0.29) is 16.5 Å². The quantitative estimate of drug-likeness (QED) is 0.682. The lowest BCUT2D eigenvalue weighted by molar-refractivity contribution is 0.121. The van der Waals surface area contributed by atoms with Gasteiger partial charge >= 0.3 is 0 Å². The Labute approximate surface area is 168 Å². The lowest BCUT2D eigenvalue weighted by atomic mass is 10.00. The van der Waals surface area contributed by atoms with Gasteiger partial charge in [-0.25, -0.2) is 12.8 Å². The van der Waals surface area contributed by atoms with Crippen molar-refractivity contribution in [1.29, 1.82) is 0 Å². The number of hydrogen-bond donors (Lipinski definition) is 1. The molecule has 8 heteroatoms. The van der Waals surface area contributed by atoms with E-state index < -0.39 is 32.2 Å². The fourth-order valence-corrected chi connectivity index (χ4v) is 6.51. The van der Waals surface area contributed by atoms with Crippen molar-refractivity contribution in [3.63, 3.8) is 0 Å². The first-order valence-corrected chi connectivity index (χ1v) is 10.7. The molecule has 27 heavy (non-hydrogen) atoms. The fraction of sp³-hybridized carbons (Fsp3) is 0.316. The second kappa shape index (κ2) is 7.47. The number of rotatable bonds is 7. The molecule has 2 aromatic carbocycles. The van der Waals surface area contributed by atoms with Crippen molar-refractivity contribution in [2.24, 2.45) is 11.1 Å². The molecule has 2 N–H and O–H groups in total. The highest BCUT2D eigenvalue weighted by Gasteiger charge is 2.73. The smallest absolute Gasteiger partial charge is 0.182 e. The number of benzene rings is 2. The maximum absolute atomic E-state index is 13.8. The molecular weight excluding hydrogens is 409 g/mol. The molecule has 1 aliphatic rings. The number of hydrogen-bond acceptors (Lipinski definition) is 4. The molecule has 3 atom stereocenters. The molecule has 3 unspecified atom stereocenters. The van der Waals surface area contributed by atoms with Crippen LogP contribution in [0.15, 0.2) is 53.4 Å². The average molecular weight is 428 g/mol. The normalized spacial score (nSPS) is 24.6. The first-order valence-electron chi connectivity index (χ1n) is 8.37. The fourth-order valence-electron chi connectivity index (χ4n) is 3.61. The van der Waals surface area contributed by atoms with E-state index in [1.165, 1.54) is 36.4 Å². The lowest BCUT2D eigenvalue weighted by Crippen LogP contribution is -2.33. The van der Waals surface area contributed by atoms with Crippen LogP contribution in [0.4, 0.5) is 4.39 Å². The van der Waals surface area contributed by atoms with E-state index in [0.29, 0.717) is 17.2 Å². The highest BCUT2D eigenvalue weighted by atomic mass is 35.5. The monoisotopic (exact) mass is 427 g/mol. The van der Waals surface area contributed by atoms with Crippen LogP contribution in [-0.2, 0) is 14.6 Å². The number of halogens is 2. The molecule has 0 saturated heterocycles. The summed E-state index contributed by atoms with van der Waals surface area (Å²) in [5, 5.41) is -0.502. The third kappa shape index (κ3) is 3.49. The molecule has 0 radical (unpaired) electrons. The molecular formula is C19H19ClFNO3S2. The van der Waals surface area contributed by atoms with Gasteiger partial charge in [-0.15, -0.1) is 0 Å². The lowest BCUT2D eigenvalue weighted by Gasteiger charge is -2.17. The molecule has 0 spiro atoms. The predicted molar refractivity (Wildman–Crippen MR) is 107 cm³/mol. The van der Waals surface area contributed by atoms with E-state index in [2.05, 4.69) is 0 Å². The van der Waals surface area contributed by atoms with Crippen LogP contribution < -0.4 is 5.73 Å². The zero-order valence-corrected chi connectivity index (χ0v) is 17.0. The zero-order chi connectivity index (χ0) is 19.8. The van der Waals surface area contributed by atoms with Gasteiger partial charge in [-0.1, -0.05) is 36.0 Å². The molecule has 1 aliphatic carbocycles. The van der Waals surface area contributed by atoms with Crippen LogP contribution in [0.5, 0.6) is 0 Å². The van der Waals surface area contributed by atoms with Crippen LogP contribution in [0.25, 0.3) is 0 Å². The first-order chi connectivity index (χ1) is 12.7. The molecule has 1 saturated carbocycles. The standard InChI is InChI=1S/C19H19ClFNO3S2/c1-2-25-11-19(18(22)26)16(12-4-3-5-14(21)10-12)17(19)27(23,24)15-8-6-13(20)7-9-15/h3-10,16-17H,2,11H2,1H3,(H2,22,26). The topological polar surface area (TPSA) is 69.4 Å². The van der Waals surface area contributed by atoms with Gasteiger partial charge in [0.2, 0.25) is 0 Å². The number of ether oxygens (including phenoxy) is 1. The van der Waals surface area contributed by atoms with Crippen molar-refractivity contribution < 1.29 is 17.5 Å². The van der Waals surface area contributed by atoms with E-state index in [4.69, 9.17) is 34.3 Å². The van der Waals surface area contributed by atoms with Gasteiger partial charge in [0.25, 0.3) is 0 Å². The molecule has 0 amide bonds. The number of sulfone groups is 1. The Morgan fingerprint density at radius 2 is 1.96 bits per heavy atom. The van der Waals surface area contributed by atoms with Crippen molar-refractivity contribution in [2.75, 3.05) is 13.2 Å². The molecule has 2 aromatic rings. The van der Waals surface area contributed by atoms with Crippen LogP contribution >= 0.6 is 23.8 Å². The molecule has 3 rings (SSSR count). The van der Waals surface area contributed by atoms with Gasteiger partial charge in [-0.2, -0.15) is 0 Å². The number of thiocarbonyl (C=S) groups is 1. The van der Waals surface area contributed by atoms with E-state index in [9.17, 15) is 12.8 Å². The summed E-state index contributed by atoms with van der Waals surface area (Å²) < 4.78 is 46.0. The van der Waals surface area contributed by atoms with Gasteiger partial charge in [0.05, 0.1) is 27.2 Å². The summed E-state index contributed by atoms with van der Waals surface area (Å²) in [4.78, 5) is 0.167. The Kier molecular flexibility index (Phi) is 5.59. The Morgan fingerprint density at radius 1 is 1.30 bits per heavy atom. The van der Waals surface area contributed by atoms with E-state index in [1.54, 1.807) is 19.1 Å². The predicted octanol–water partition coefficient (Wildman–Crippen LogP) is 3.73. The van der Waals surface area contributed by atoms with Crippen molar-refractivity contribution >= 4 is 38.6 Å². The van der Waals surface area contributed by atoms with Gasteiger partial charge in [-0.05, 0) is 48.9 Å². The highest BCUT2D eigenvalue weighted by Crippen LogP contribution is 2.64. The molecule has 0 bridgehead atoms. The van der Waals surface area contributed by atoms with Crippen molar-refractivity contribution in [2.45, 2.75) is 23.0 Å². The summed E-state index contributed by atoms with van der Waals surface area (Å²) in [5.41, 5.74) is 5.45. The first kappa shape index (κ1) is 20.2. The molecule has 0 aliphatic heterocycles. The van der Waals surface area contributed by atoms with Crippen LogP contribution in [0.2, 0.25) is 5.02 Å². The Morgan fingerprint density at radius 3 is 2.52 bits per heavy atom. The maximum atomic E-state index is 13.8. The highest BCUT2D eigenvalue weighted by molar-refractivity contribution is 7.92. The largest absolute Gasteiger partial charge is 0.393 e. The van der Waals surface area contributed by atoms with E-state index in [1.807, 2.05) is 0 Å². The minimum Gasteiger partial charge on any atom is -0.393 e. The van der Waals surface area contributed by atoms with Gasteiger partial charge < -0.3 is 10.5 Å². The summed E-state index contributed by atoms with van der Waals surface area (Å²) in [6.45, 7) is 2.24. The molecule has 144 valence electrons.